The van der Waals surface area contributed by atoms with Crippen LogP contribution in [0, 0.1) is 0 Å². The lowest BCUT2D eigenvalue weighted by Crippen LogP contribution is -2.40. The lowest BCUT2D eigenvalue weighted by atomic mass is 10.1. The number of likely N-dealkylation sites (tertiary alicyclic amines) is 1. The van der Waals surface area contributed by atoms with Crippen LogP contribution >= 0.6 is 0 Å². The molecule has 3 N–H and O–H groups in total. The zero-order chi connectivity index (χ0) is 14.4. The molecule has 0 amide bonds. The van der Waals surface area contributed by atoms with Crippen LogP contribution in [0.4, 0.5) is 5.69 Å². The van der Waals surface area contributed by atoms with E-state index in [1.807, 2.05) is 18.2 Å². The average molecular weight is 278 g/mol. The molecule has 0 saturated carbocycles. The van der Waals surface area contributed by atoms with Crippen molar-refractivity contribution in [1.82, 2.24) is 4.90 Å². The number of β-amino-alcohol motifs (C(OH)–C–C–N with tert-alkyl or cyclic N) is 1. The van der Waals surface area contributed by atoms with Crippen LogP contribution in [-0.2, 0) is 0 Å². The number of nitrogens with two attached hydrogens (primary N) is 1. The molecule has 0 bridgehead atoms. The number of hydrogen-bond acceptors (Lipinski definition) is 4. The van der Waals surface area contributed by atoms with Crippen LogP contribution in [0.25, 0.3) is 0 Å². The summed E-state index contributed by atoms with van der Waals surface area (Å²) in [6, 6.07) is 7.87. The molecule has 1 fully saturated rings. The highest BCUT2D eigenvalue weighted by atomic mass is 16.5. The topological polar surface area (TPSA) is 58.7 Å². The Kier molecular flexibility index (Phi) is 5.68. The summed E-state index contributed by atoms with van der Waals surface area (Å²) in [7, 11) is 0. The molecule has 0 aromatic heterocycles. The van der Waals surface area contributed by atoms with Crippen LogP contribution in [0.15, 0.2) is 24.3 Å². The minimum absolute atomic E-state index is 0.312. The van der Waals surface area contributed by atoms with E-state index >= 15 is 0 Å². The van der Waals surface area contributed by atoms with E-state index in [4.69, 9.17) is 10.5 Å². The molecule has 1 heterocycles. The summed E-state index contributed by atoms with van der Waals surface area (Å²) < 4.78 is 5.60. The van der Waals surface area contributed by atoms with Gasteiger partial charge in [-0.25, -0.2) is 0 Å². The maximum Gasteiger partial charge on any atom is 0.121 e. The standard InChI is InChI=1S/C16H26N2O2/c1-13-6-3-2-4-9-18(13)11-15(19)12-20-16-8-5-7-14(17)10-16/h5,7-8,10,13,15,19H,2-4,6,9,11-12,17H2,1H3. The first-order chi connectivity index (χ1) is 9.65. The van der Waals surface area contributed by atoms with E-state index in [0.29, 0.717) is 30.6 Å². The number of hydrogen-bond donors (Lipinski definition) is 2. The van der Waals surface area contributed by atoms with Gasteiger partial charge in [-0.2, -0.15) is 0 Å². The van der Waals surface area contributed by atoms with Crippen LogP contribution in [-0.4, -0.2) is 41.8 Å². The van der Waals surface area contributed by atoms with E-state index in [0.717, 1.165) is 6.54 Å². The maximum absolute atomic E-state index is 10.1. The molecule has 2 rings (SSSR count). The number of aliphatic hydroxyl groups is 1. The molecule has 1 aromatic carbocycles. The van der Waals surface area contributed by atoms with Crippen molar-refractivity contribution < 1.29 is 9.84 Å². The van der Waals surface area contributed by atoms with E-state index < -0.39 is 6.10 Å². The van der Waals surface area contributed by atoms with Crippen molar-refractivity contribution in [1.29, 1.82) is 0 Å². The second kappa shape index (κ2) is 7.50. The molecule has 20 heavy (non-hydrogen) atoms. The molecule has 1 aliphatic heterocycles. The van der Waals surface area contributed by atoms with Crippen molar-refractivity contribution in [3.05, 3.63) is 24.3 Å². The summed E-state index contributed by atoms with van der Waals surface area (Å²) in [5.41, 5.74) is 6.38. The summed E-state index contributed by atoms with van der Waals surface area (Å²) in [5, 5.41) is 10.1. The van der Waals surface area contributed by atoms with Crippen LogP contribution in [0.5, 0.6) is 5.75 Å². The first kappa shape index (κ1) is 15.1. The summed E-state index contributed by atoms with van der Waals surface area (Å²) in [4.78, 5) is 2.38. The maximum atomic E-state index is 10.1. The third-order valence-corrected chi connectivity index (χ3v) is 3.94. The van der Waals surface area contributed by atoms with Gasteiger partial charge in [-0.15, -0.1) is 0 Å². The summed E-state index contributed by atoms with van der Waals surface area (Å²) in [6.07, 6.45) is 4.59. The van der Waals surface area contributed by atoms with Gasteiger partial charge in [0.05, 0.1) is 0 Å². The van der Waals surface area contributed by atoms with Crippen molar-refractivity contribution >= 4 is 5.69 Å². The molecule has 4 nitrogen and oxygen atoms in total. The summed E-state index contributed by atoms with van der Waals surface area (Å²) in [5.74, 6) is 0.716. The van der Waals surface area contributed by atoms with Crippen LogP contribution < -0.4 is 10.5 Å². The van der Waals surface area contributed by atoms with Gasteiger partial charge in [0.2, 0.25) is 0 Å². The Bertz CT molecular complexity index is 411. The number of ether oxygens (including phenoxy) is 1. The van der Waals surface area contributed by atoms with Gasteiger partial charge in [0, 0.05) is 24.3 Å². The highest BCUT2D eigenvalue weighted by Crippen LogP contribution is 2.17. The Morgan fingerprint density at radius 3 is 3.05 bits per heavy atom. The Morgan fingerprint density at radius 2 is 2.25 bits per heavy atom. The number of benzene rings is 1. The van der Waals surface area contributed by atoms with E-state index in [9.17, 15) is 5.11 Å². The fourth-order valence-electron chi connectivity index (χ4n) is 2.73. The number of anilines is 1. The van der Waals surface area contributed by atoms with Gasteiger partial charge >= 0.3 is 0 Å². The van der Waals surface area contributed by atoms with E-state index in [-0.39, 0.29) is 0 Å². The van der Waals surface area contributed by atoms with Gasteiger partial charge in [0.15, 0.2) is 0 Å². The number of nitrogen functional groups attached to an aromatic ring is 1. The molecule has 2 unspecified atom stereocenters. The van der Waals surface area contributed by atoms with Gasteiger partial charge < -0.3 is 15.6 Å². The molecule has 0 spiro atoms. The molecule has 1 saturated heterocycles. The summed E-state index contributed by atoms with van der Waals surface area (Å²) in [6.45, 7) is 4.32. The summed E-state index contributed by atoms with van der Waals surface area (Å²) >= 11 is 0. The van der Waals surface area contributed by atoms with Crippen molar-refractivity contribution in [2.75, 3.05) is 25.4 Å². The molecular weight excluding hydrogens is 252 g/mol. The van der Waals surface area contributed by atoms with Crippen molar-refractivity contribution in [2.24, 2.45) is 0 Å². The van der Waals surface area contributed by atoms with Crippen molar-refractivity contribution in [3.8, 4) is 5.75 Å². The van der Waals surface area contributed by atoms with E-state index in [1.54, 1.807) is 6.07 Å². The van der Waals surface area contributed by atoms with Gasteiger partial charge in [0.1, 0.15) is 18.5 Å². The monoisotopic (exact) mass is 278 g/mol. The largest absolute Gasteiger partial charge is 0.491 e. The SMILES string of the molecule is CC1CCCCCN1CC(O)COc1cccc(N)c1. The van der Waals surface area contributed by atoms with Crippen molar-refractivity contribution in [3.63, 3.8) is 0 Å². The first-order valence-electron chi connectivity index (χ1n) is 7.55. The van der Waals surface area contributed by atoms with E-state index in [2.05, 4.69) is 11.8 Å². The molecule has 1 aliphatic rings. The number of aliphatic hydroxyl groups excluding tert-OH is 1. The third kappa shape index (κ3) is 4.69. The molecule has 1 aromatic rings. The third-order valence-electron chi connectivity index (χ3n) is 3.94. The molecule has 0 aliphatic carbocycles. The lowest BCUT2D eigenvalue weighted by Gasteiger charge is -2.29. The smallest absolute Gasteiger partial charge is 0.121 e. The van der Waals surface area contributed by atoms with Crippen LogP contribution in [0.3, 0.4) is 0 Å². The normalized spacial score (nSPS) is 22.2. The predicted molar refractivity (Wildman–Crippen MR) is 81.9 cm³/mol. The molecule has 2 atom stereocenters. The minimum Gasteiger partial charge on any atom is -0.491 e. The highest BCUT2D eigenvalue weighted by molar-refractivity contribution is 5.43. The minimum atomic E-state index is -0.461. The highest BCUT2D eigenvalue weighted by Gasteiger charge is 2.19. The Labute approximate surface area is 121 Å². The van der Waals surface area contributed by atoms with E-state index in [1.165, 1.54) is 25.7 Å². The Balaban J connectivity index is 1.78. The average Bonchev–Trinajstić information content (AvgIpc) is 2.62. The molecule has 0 radical (unpaired) electrons. The molecule has 112 valence electrons. The van der Waals surface area contributed by atoms with Gasteiger partial charge in [-0.05, 0) is 38.4 Å². The fourth-order valence-corrected chi connectivity index (χ4v) is 2.73. The second-order valence-electron chi connectivity index (χ2n) is 5.73. The molecule has 4 heteroatoms. The van der Waals surface area contributed by atoms with Gasteiger partial charge in [-0.3, -0.25) is 4.90 Å². The van der Waals surface area contributed by atoms with Crippen LogP contribution in [0.2, 0.25) is 0 Å². The number of rotatable bonds is 5. The molecular formula is C16H26N2O2. The Hall–Kier alpha value is -1.26. The quantitative estimate of drug-likeness (QED) is 0.811. The second-order valence-corrected chi connectivity index (χ2v) is 5.73. The Morgan fingerprint density at radius 1 is 1.40 bits per heavy atom. The zero-order valence-corrected chi connectivity index (χ0v) is 12.3. The van der Waals surface area contributed by atoms with Crippen molar-refractivity contribution in [2.45, 2.75) is 44.8 Å². The number of nitrogens with zero attached hydrogens (tertiary/aromatic N) is 1. The first-order valence-corrected chi connectivity index (χ1v) is 7.55. The zero-order valence-electron chi connectivity index (χ0n) is 12.3. The lowest BCUT2D eigenvalue weighted by molar-refractivity contribution is 0.0559. The fraction of sp³-hybridized carbons (Fsp3) is 0.625. The van der Waals surface area contributed by atoms with Crippen LogP contribution in [0.1, 0.15) is 32.6 Å². The van der Waals surface area contributed by atoms with Gasteiger partial charge in [0.25, 0.3) is 0 Å². The van der Waals surface area contributed by atoms with Gasteiger partial charge in [-0.1, -0.05) is 18.9 Å². The predicted octanol–water partition coefficient (Wildman–Crippen LogP) is 2.27.